The third-order valence-electron chi connectivity index (χ3n) is 10.2. The Bertz CT molecular complexity index is 828. The van der Waals surface area contributed by atoms with Crippen LogP contribution in [0.5, 0.6) is 0 Å². The predicted octanol–water partition coefficient (Wildman–Crippen LogP) is 12.8. The van der Waals surface area contributed by atoms with E-state index in [9.17, 15) is 19.8 Å². The minimum absolute atomic E-state index is 0.0661. The zero-order chi connectivity index (χ0) is 38.2. The Morgan fingerprint density at radius 2 is 0.962 bits per heavy atom. The molecule has 0 aliphatic rings. The molecule has 0 aliphatic heterocycles. The maximum Gasteiger partial charge on any atom is 0.306 e. The first kappa shape index (κ1) is 50.3. The van der Waals surface area contributed by atoms with Gasteiger partial charge in [-0.05, 0) is 70.6 Å². The smallest absolute Gasteiger partial charge is 0.306 e. The van der Waals surface area contributed by atoms with Crippen LogP contribution in [0.1, 0.15) is 233 Å². The minimum Gasteiger partial charge on any atom is -0.462 e. The highest BCUT2D eigenvalue weighted by molar-refractivity contribution is 5.77. The van der Waals surface area contributed by atoms with Crippen molar-refractivity contribution < 1.29 is 24.5 Å². The van der Waals surface area contributed by atoms with Gasteiger partial charge in [0.15, 0.2) is 0 Å². The van der Waals surface area contributed by atoms with Crippen molar-refractivity contribution in [2.75, 3.05) is 6.61 Å². The molecule has 6 nitrogen and oxygen atoms in total. The van der Waals surface area contributed by atoms with E-state index in [1.165, 1.54) is 109 Å². The second kappa shape index (κ2) is 40.5. The number of ether oxygens (including phenoxy) is 1. The van der Waals surface area contributed by atoms with Gasteiger partial charge in [0.25, 0.3) is 0 Å². The first-order valence-corrected chi connectivity index (χ1v) is 22.6. The summed E-state index contributed by atoms with van der Waals surface area (Å²) in [6, 6.07) is -0.701. The van der Waals surface area contributed by atoms with Gasteiger partial charge >= 0.3 is 5.97 Å². The van der Waals surface area contributed by atoms with Crippen molar-refractivity contribution in [1.29, 1.82) is 0 Å². The Labute approximate surface area is 322 Å². The molecule has 0 radical (unpaired) electrons. The summed E-state index contributed by atoms with van der Waals surface area (Å²) >= 11 is 0. The highest BCUT2D eigenvalue weighted by Gasteiger charge is 2.24. The Hall–Kier alpha value is -1.66. The molecule has 0 aliphatic carbocycles. The second-order valence-corrected chi connectivity index (χ2v) is 15.4. The summed E-state index contributed by atoms with van der Waals surface area (Å²) < 4.78 is 5.87. The van der Waals surface area contributed by atoms with E-state index in [0.717, 1.165) is 77.0 Å². The Balaban J connectivity index is 4.55. The summed E-state index contributed by atoms with van der Waals surface area (Å²) in [4.78, 5) is 25.9. The maximum absolute atomic E-state index is 13.1. The summed E-state index contributed by atoms with van der Waals surface area (Å²) in [6.45, 7) is 6.38. The quantitative estimate of drug-likeness (QED) is 0.0331. The van der Waals surface area contributed by atoms with Crippen LogP contribution in [0.2, 0.25) is 0 Å². The molecule has 3 unspecified atom stereocenters. The lowest BCUT2D eigenvalue weighted by Crippen LogP contribution is -2.46. The molecular formula is C46H87NO5. The number of allylic oxidation sites excluding steroid dienone is 4. The molecule has 1 amide bonds. The lowest BCUT2D eigenvalue weighted by atomic mass is 10.0. The van der Waals surface area contributed by atoms with Gasteiger partial charge in [-0.15, -0.1) is 0 Å². The predicted molar refractivity (Wildman–Crippen MR) is 223 cm³/mol. The van der Waals surface area contributed by atoms with Crippen LogP contribution in [-0.2, 0) is 14.3 Å². The van der Waals surface area contributed by atoms with E-state index >= 15 is 0 Å². The van der Waals surface area contributed by atoms with Gasteiger partial charge in [-0.2, -0.15) is 0 Å². The number of hydrogen-bond acceptors (Lipinski definition) is 5. The molecule has 306 valence electrons. The number of aliphatic hydroxyl groups excluding tert-OH is 2. The molecule has 0 fully saturated rings. The highest BCUT2D eigenvalue weighted by Crippen LogP contribution is 2.17. The van der Waals surface area contributed by atoms with Gasteiger partial charge in [-0.3, -0.25) is 9.59 Å². The van der Waals surface area contributed by atoms with E-state index in [1.54, 1.807) is 0 Å². The number of hydrogen-bond donors (Lipinski definition) is 3. The summed E-state index contributed by atoms with van der Waals surface area (Å²) in [6.07, 6.45) is 43.8. The first-order valence-electron chi connectivity index (χ1n) is 22.6. The molecule has 0 rings (SSSR count). The van der Waals surface area contributed by atoms with Crippen molar-refractivity contribution in [2.24, 2.45) is 0 Å². The van der Waals surface area contributed by atoms with E-state index in [1.807, 2.05) is 0 Å². The van der Waals surface area contributed by atoms with Gasteiger partial charge in [-0.25, -0.2) is 0 Å². The number of carbonyl (C=O) groups excluding carboxylic acids is 2. The zero-order valence-corrected chi connectivity index (χ0v) is 34.7. The number of aliphatic hydroxyl groups is 2. The van der Waals surface area contributed by atoms with Crippen molar-refractivity contribution >= 4 is 11.9 Å². The molecular weight excluding hydrogens is 647 g/mol. The van der Waals surface area contributed by atoms with E-state index in [4.69, 9.17) is 4.74 Å². The standard InChI is InChI=1S/C46H87NO5/c1-4-7-10-13-16-19-22-23-24-26-29-32-35-38-44(49)43(41-48)47-45(50)40-42(37-34-31-28-25-20-17-14-11-8-5-2)52-46(51)39-36-33-30-27-21-18-15-12-9-6-3/h12,15,17,20,42-44,48-49H,4-11,13-14,16,18-19,21-41H2,1-3H3,(H,47,50)/b15-12-,20-17-. The molecule has 0 aromatic rings. The summed E-state index contributed by atoms with van der Waals surface area (Å²) in [5.74, 6) is -0.499. The van der Waals surface area contributed by atoms with Crippen molar-refractivity contribution in [3.63, 3.8) is 0 Å². The SMILES string of the molecule is CCC/C=C\CCCCCCCC(=O)OC(CCCCC/C=C\CCCCC)CC(=O)NC(CO)C(O)CCCCCCCCCCCCCCC. The van der Waals surface area contributed by atoms with Gasteiger partial charge < -0.3 is 20.3 Å². The van der Waals surface area contributed by atoms with Gasteiger partial charge in [-0.1, -0.05) is 173 Å². The first-order chi connectivity index (χ1) is 25.5. The summed E-state index contributed by atoms with van der Waals surface area (Å²) in [7, 11) is 0. The van der Waals surface area contributed by atoms with Crippen molar-refractivity contribution in [2.45, 2.75) is 251 Å². The Kier molecular flexibility index (Phi) is 39.2. The molecule has 0 bridgehead atoms. The van der Waals surface area contributed by atoms with Crippen LogP contribution in [0.25, 0.3) is 0 Å². The number of rotatable bonds is 40. The van der Waals surface area contributed by atoms with E-state index in [0.29, 0.717) is 19.3 Å². The lowest BCUT2D eigenvalue weighted by molar-refractivity contribution is -0.151. The normalized spacial score (nSPS) is 13.6. The molecule has 3 N–H and O–H groups in total. The summed E-state index contributed by atoms with van der Waals surface area (Å²) in [5.41, 5.74) is 0. The molecule has 3 atom stereocenters. The van der Waals surface area contributed by atoms with Crippen LogP contribution in [0, 0.1) is 0 Å². The number of amides is 1. The molecule has 6 heteroatoms. The fourth-order valence-corrected chi connectivity index (χ4v) is 6.78. The monoisotopic (exact) mass is 734 g/mol. The van der Waals surface area contributed by atoms with Gasteiger partial charge in [0, 0.05) is 6.42 Å². The topological polar surface area (TPSA) is 95.9 Å². The maximum atomic E-state index is 13.1. The largest absolute Gasteiger partial charge is 0.462 e. The second-order valence-electron chi connectivity index (χ2n) is 15.4. The third kappa shape index (κ3) is 35.4. The number of esters is 1. The fourth-order valence-electron chi connectivity index (χ4n) is 6.78. The third-order valence-corrected chi connectivity index (χ3v) is 10.2. The molecule has 0 spiro atoms. The Morgan fingerprint density at radius 1 is 0.538 bits per heavy atom. The molecule has 0 heterocycles. The van der Waals surface area contributed by atoms with Gasteiger partial charge in [0.2, 0.25) is 5.91 Å². The van der Waals surface area contributed by atoms with Crippen LogP contribution < -0.4 is 5.32 Å². The van der Waals surface area contributed by atoms with Crippen LogP contribution in [0.15, 0.2) is 24.3 Å². The number of carbonyl (C=O) groups is 2. The Morgan fingerprint density at radius 3 is 1.50 bits per heavy atom. The van der Waals surface area contributed by atoms with E-state index in [-0.39, 0.29) is 24.9 Å². The van der Waals surface area contributed by atoms with Gasteiger partial charge in [0.05, 0.1) is 25.2 Å². The zero-order valence-electron chi connectivity index (χ0n) is 34.7. The molecule has 0 saturated heterocycles. The van der Waals surface area contributed by atoms with Crippen LogP contribution in [0.3, 0.4) is 0 Å². The highest BCUT2D eigenvalue weighted by atomic mass is 16.5. The number of unbranched alkanes of at least 4 members (excludes halogenated alkanes) is 24. The summed E-state index contributed by atoms with van der Waals surface area (Å²) in [5, 5.41) is 23.6. The molecule has 52 heavy (non-hydrogen) atoms. The number of nitrogens with one attached hydrogen (secondary N) is 1. The molecule has 0 aromatic heterocycles. The van der Waals surface area contributed by atoms with Crippen LogP contribution in [0.4, 0.5) is 0 Å². The van der Waals surface area contributed by atoms with E-state index < -0.39 is 18.2 Å². The van der Waals surface area contributed by atoms with E-state index in [2.05, 4.69) is 50.4 Å². The van der Waals surface area contributed by atoms with Crippen molar-refractivity contribution in [3.05, 3.63) is 24.3 Å². The average molecular weight is 734 g/mol. The fraction of sp³-hybridized carbons (Fsp3) is 0.870. The lowest BCUT2D eigenvalue weighted by Gasteiger charge is -2.24. The van der Waals surface area contributed by atoms with Crippen LogP contribution >= 0.6 is 0 Å². The molecule has 0 saturated carbocycles. The van der Waals surface area contributed by atoms with Crippen molar-refractivity contribution in [1.82, 2.24) is 5.32 Å². The average Bonchev–Trinajstić information content (AvgIpc) is 3.13. The van der Waals surface area contributed by atoms with Crippen LogP contribution in [-0.4, -0.2) is 46.9 Å². The molecule has 0 aromatic carbocycles. The minimum atomic E-state index is -0.787. The van der Waals surface area contributed by atoms with Crippen molar-refractivity contribution in [3.8, 4) is 0 Å². The van der Waals surface area contributed by atoms with Gasteiger partial charge in [0.1, 0.15) is 6.10 Å².